The van der Waals surface area contributed by atoms with E-state index in [1.54, 1.807) is 6.92 Å². The third kappa shape index (κ3) is 3.88. The van der Waals surface area contributed by atoms with Gasteiger partial charge in [0.1, 0.15) is 5.75 Å². The van der Waals surface area contributed by atoms with Crippen LogP contribution in [0.3, 0.4) is 0 Å². The van der Waals surface area contributed by atoms with Crippen molar-refractivity contribution in [2.45, 2.75) is 40.5 Å². The number of carbonyl (C=O) groups excluding carboxylic acids is 1. The van der Waals surface area contributed by atoms with Gasteiger partial charge in [0.2, 0.25) is 0 Å². The summed E-state index contributed by atoms with van der Waals surface area (Å²) >= 11 is 0. The molecule has 0 aliphatic carbocycles. The first kappa shape index (κ1) is 13.8. The molecular formula is C15H22O2. The predicted octanol–water partition coefficient (Wildman–Crippen LogP) is 4.01. The monoisotopic (exact) mass is 234 g/mol. The highest BCUT2D eigenvalue weighted by Gasteiger charge is 2.07. The van der Waals surface area contributed by atoms with Gasteiger partial charge in [-0.05, 0) is 43.5 Å². The van der Waals surface area contributed by atoms with Crippen LogP contribution in [-0.2, 0) is 0 Å². The Morgan fingerprint density at radius 2 is 1.94 bits per heavy atom. The fraction of sp³-hybridized carbons (Fsp3) is 0.533. The Balaban J connectivity index is 2.69. The smallest absolute Gasteiger partial charge is 0.159 e. The number of hydrogen-bond acceptors (Lipinski definition) is 2. The SMILES string of the molecule is CCC(CC)COc1ccc(C(C)=O)cc1C. The van der Waals surface area contributed by atoms with E-state index in [1.165, 1.54) is 0 Å². The van der Waals surface area contributed by atoms with Crippen molar-refractivity contribution in [3.8, 4) is 5.75 Å². The minimum absolute atomic E-state index is 0.0969. The van der Waals surface area contributed by atoms with Crippen LogP contribution in [0.4, 0.5) is 0 Å². The van der Waals surface area contributed by atoms with Crippen LogP contribution in [0.25, 0.3) is 0 Å². The van der Waals surface area contributed by atoms with Crippen LogP contribution in [0.1, 0.15) is 49.5 Å². The zero-order chi connectivity index (χ0) is 12.8. The summed E-state index contributed by atoms with van der Waals surface area (Å²) in [5.74, 6) is 1.60. The van der Waals surface area contributed by atoms with E-state index in [4.69, 9.17) is 4.74 Å². The van der Waals surface area contributed by atoms with Gasteiger partial charge in [-0.1, -0.05) is 26.7 Å². The van der Waals surface area contributed by atoms with Crippen molar-refractivity contribution in [2.24, 2.45) is 5.92 Å². The molecule has 0 saturated heterocycles. The molecule has 0 bridgehead atoms. The summed E-state index contributed by atoms with van der Waals surface area (Å²) in [7, 11) is 0. The van der Waals surface area contributed by atoms with E-state index >= 15 is 0 Å². The largest absolute Gasteiger partial charge is 0.493 e. The van der Waals surface area contributed by atoms with Gasteiger partial charge >= 0.3 is 0 Å². The average molecular weight is 234 g/mol. The highest BCUT2D eigenvalue weighted by atomic mass is 16.5. The van der Waals surface area contributed by atoms with E-state index in [2.05, 4.69) is 13.8 Å². The Kier molecular flexibility index (Phi) is 5.20. The first-order valence-corrected chi connectivity index (χ1v) is 6.32. The first-order valence-electron chi connectivity index (χ1n) is 6.32. The second-order valence-corrected chi connectivity index (χ2v) is 4.53. The number of ketones is 1. The third-order valence-electron chi connectivity index (χ3n) is 3.21. The van der Waals surface area contributed by atoms with Crippen molar-refractivity contribution in [1.29, 1.82) is 0 Å². The van der Waals surface area contributed by atoms with Crippen molar-refractivity contribution in [2.75, 3.05) is 6.61 Å². The lowest BCUT2D eigenvalue weighted by Crippen LogP contribution is -2.10. The lowest BCUT2D eigenvalue weighted by molar-refractivity contribution is 0.101. The standard InChI is InChI=1S/C15H22O2/c1-5-13(6-2)10-17-15-8-7-14(12(4)16)9-11(15)3/h7-9,13H,5-6,10H2,1-4H3. The molecule has 0 aliphatic heterocycles. The zero-order valence-electron chi connectivity index (χ0n) is 11.2. The van der Waals surface area contributed by atoms with Crippen LogP contribution in [0.2, 0.25) is 0 Å². The maximum Gasteiger partial charge on any atom is 0.159 e. The average Bonchev–Trinajstić information content (AvgIpc) is 2.31. The zero-order valence-corrected chi connectivity index (χ0v) is 11.2. The molecule has 0 spiro atoms. The summed E-state index contributed by atoms with van der Waals surface area (Å²) in [6.07, 6.45) is 2.28. The summed E-state index contributed by atoms with van der Waals surface area (Å²) in [5.41, 5.74) is 1.78. The Bertz CT molecular complexity index is 379. The quantitative estimate of drug-likeness (QED) is 0.695. The molecular weight excluding hydrogens is 212 g/mol. The summed E-state index contributed by atoms with van der Waals surface area (Å²) in [5, 5.41) is 0. The van der Waals surface area contributed by atoms with Gasteiger partial charge < -0.3 is 4.74 Å². The maximum absolute atomic E-state index is 11.2. The van der Waals surface area contributed by atoms with Gasteiger partial charge in [-0.25, -0.2) is 0 Å². The summed E-state index contributed by atoms with van der Waals surface area (Å²) in [4.78, 5) is 11.2. The number of carbonyl (C=O) groups is 1. The van der Waals surface area contributed by atoms with Crippen molar-refractivity contribution >= 4 is 5.78 Å². The van der Waals surface area contributed by atoms with Crippen molar-refractivity contribution in [1.82, 2.24) is 0 Å². The maximum atomic E-state index is 11.2. The van der Waals surface area contributed by atoms with Gasteiger partial charge in [0.25, 0.3) is 0 Å². The lowest BCUT2D eigenvalue weighted by atomic mass is 10.0. The lowest BCUT2D eigenvalue weighted by Gasteiger charge is -2.15. The van der Waals surface area contributed by atoms with Crippen LogP contribution in [0, 0.1) is 12.8 Å². The second kappa shape index (κ2) is 6.43. The van der Waals surface area contributed by atoms with Crippen LogP contribution in [0.5, 0.6) is 5.75 Å². The number of aryl methyl sites for hydroxylation is 1. The Labute approximate surface area is 104 Å². The Hall–Kier alpha value is -1.31. The minimum Gasteiger partial charge on any atom is -0.493 e. The van der Waals surface area contributed by atoms with Gasteiger partial charge in [-0.15, -0.1) is 0 Å². The highest BCUT2D eigenvalue weighted by Crippen LogP contribution is 2.21. The predicted molar refractivity (Wildman–Crippen MR) is 70.8 cm³/mol. The minimum atomic E-state index is 0.0969. The van der Waals surface area contributed by atoms with Crippen LogP contribution in [0.15, 0.2) is 18.2 Å². The first-order chi connectivity index (χ1) is 8.08. The van der Waals surface area contributed by atoms with Crippen LogP contribution >= 0.6 is 0 Å². The number of rotatable bonds is 6. The molecule has 0 unspecified atom stereocenters. The Morgan fingerprint density at radius 1 is 1.29 bits per heavy atom. The van der Waals surface area contributed by atoms with E-state index in [1.807, 2.05) is 25.1 Å². The van der Waals surface area contributed by atoms with Crippen LogP contribution in [-0.4, -0.2) is 12.4 Å². The van der Waals surface area contributed by atoms with Gasteiger partial charge in [-0.3, -0.25) is 4.79 Å². The van der Waals surface area contributed by atoms with Gasteiger partial charge in [-0.2, -0.15) is 0 Å². The molecule has 0 saturated carbocycles. The van der Waals surface area contributed by atoms with Crippen LogP contribution < -0.4 is 4.74 Å². The third-order valence-corrected chi connectivity index (χ3v) is 3.21. The fourth-order valence-corrected chi connectivity index (χ4v) is 1.76. The molecule has 1 aromatic carbocycles. The van der Waals surface area contributed by atoms with E-state index in [0.29, 0.717) is 5.92 Å². The van der Waals surface area contributed by atoms with E-state index in [-0.39, 0.29) is 5.78 Å². The summed E-state index contributed by atoms with van der Waals surface area (Å²) in [6.45, 7) is 8.69. The number of ether oxygens (including phenoxy) is 1. The molecule has 0 fully saturated rings. The number of Topliss-reactive ketones (excluding diaryl/α,β-unsaturated/α-hetero) is 1. The molecule has 0 radical (unpaired) electrons. The summed E-state index contributed by atoms with van der Waals surface area (Å²) < 4.78 is 5.80. The van der Waals surface area contributed by atoms with Crippen molar-refractivity contribution in [3.05, 3.63) is 29.3 Å². The normalized spacial score (nSPS) is 10.6. The molecule has 0 amide bonds. The molecule has 2 nitrogen and oxygen atoms in total. The fourth-order valence-electron chi connectivity index (χ4n) is 1.76. The molecule has 17 heavy (non-hydrogen) atoms. The molecule has 0 atom stereocenters. The molecule has 94 valence electrons. The van der Waals surface area contributed by atoms with Gasteiger partial charge in [0, 0.05) is 5.56 Å². The molecule has 0 aliphatic rings. The summed E-state index contributed by atoms with van der Waals surface area (Å²) in [6, 6.07) is 5.62. The second-order valence-electron chi connectivity index (χ2n) is 4.53. The topological polar surface area (TPSA) is 26.3 Å². The highest BCUT2D eigenvalue weighted by molar-refractivity contribution is 5.94. The molecule has 1 rings (SSSR count). The molecule has 0 N–H and O–H groups in total. The van der Waals surface area contributed by atoms with E-state index in [0.717, 1.165) is 36.3 Å². The molecule has 0 aromatic heterocycles. The van der Waals surface area contributed by atoms with E-state index < -0.39 is 0 Å². The molecule has 1 aromatic rings. The van der Waals surface area contributed by atoms with Crippen molar-refractivity contribution < 1.29 is 9.53 Å². The molecule has 2 heteroatoms. The van der Waals surface area contributed by atoms with E-state index in [9.17, 15) is 4.79 Å². The van der Waals surface area contributed by atoms with Crippen molar-refractivity contribution in [3.63, 3.8) is 0 Å². The number of benzene rings is 1. The van der Waals surface area contributed by atoms with Gasteiger partial charge in [0.15, 0.2) is 5.78 Å². The van der Waals surface area contributed by atoms with Gasteiger partial charge in [0.05, 0.1) is 6.61 Å². The number of hydrogen-bond donors (Lipinski definition) is 0. The Morgan fingerprint density at radius 3 is 2.41 bits per heavy atom. The molecule has 0 heterocycles.